The molecule has 0 aromatic carbocycles. The summed E-state index contributed by atoms with van der Waals surface area (Å²) in [4.78, 5) is 7.91. The molecule has 0 unspecified atom stereocenters. The molecule has 1 aliphatic carbocycles. The predicted octanol–water partition coefficient (Wildman–Crippen LogP) is 3.76. The van der Waals surface area contributed by atoms with Crippen LogP contribution in [-0.4, -0.2) is 28.2 Å². The minimum atomic E-state index is 0.281. The van der Waals surface area contributed by atoms with E-state index in [1.807, 2.05) is 6.07 Å². The van der Waals surface area contributed by atoms with Gasteiger partial charge in [0, 0.05) is 25.1 Å². The maximum Gasteiger partial charge on any atom is 0.131 e. The molecule has 0 bridgehead atoms. The van der Waals surface area contributed by atoms with Crippen LogP contribution >= 0.6 is 12.2 Å². The number of nitrogens with zero attached hydrogens (tertiary/aromatic N) is 1. The van der Waals surface area contributed by atoms with Crippen LogP contribution in [0.4, 0.5) is 5.82 Å². The van der Waals surface area contributed by atoms with Crippen LogP contribution in [0.25, 0.3) is 0 Å². The minimum Gasteiger partial charge on any atom is -0.396 e. The zero-order chi connectivity index (χ0) is 14.2. The topological polar surface area (TPSA) is 60.9 Å². The van der Waals surface area contributed by atoms with Crippen LogP contribution < -0.4 is 5.32 Å². The zero-order valence-electron chi connectivity index (χ0n) is 12.0. The standard InChI is InChI=1S/C15H25N3OS/c19-10-6-2-5-9-16-13-11-14(20)18-15(17-13)12-7-3-1-4-8-12/h11-12,19H,1-10H2,(H2,16,17,18,20). The number of aromatic nitrogens is 2. The van der Waals surface area contributed by atoms with Crippen molar-refractivity contribution >= 4 is 18.0 Å². The predicted molar refractivity (Wildman–Crippen MR) is 84.7 cm³/mol. The summed E-state index contributed by atoms with van der Waals surface area (Å²) in [5.41, 5.74) is 0. The number of H-pyrrole nitrogens is 1. The van der Waals surface area contributed by atoms with Gasteiger partial charge in [0.15, 0.2) is 0 Å². The van der Waals surface area contributed by atoms with Gasteiger partial charge >= 0.3 is 0 Å². The molecule has 1 saturated carbocycles. The van der Waals surface area contributed by atoms with Crippen LogP contribution in [0.2, 0.25) is 0 Å². The van der Waals surface area contributed by atoms with Gasteiger partial charge in [-0.2, -0.15) is 0 Å². The molecule has 0 atom stereocenters. The fourth-order valence-electron chi connectivity index (χ4n) is 2.78. The molecule has 0 amide bonds. The van der Waals surface area contributed by atoms with Gasteiger partial charge in [0.1, 0.15) is 16.3 Å². The molecule has 20 heavy (non-hydrogen) atoms. The monoisotopic (exact) mass is 295 g/mol. The van der Waals surface area contributed by atoms with Crippen LogP contribution in [0, 0.1) is 4.64 Å². The Hall–Kier alpha value is -0.940. The van der Waals surface area contributed by atoms with E-state index in [4.69, 9.17) is 17.3 Å². The summed E-state index contributed by atoms with van der Waals surface area (Å²) in [6.07, 6.45) is 9.36. The Balaban J connectivity index is 1.92. The van der Waals surface area contributed by atoms with E-state index >= 15 is 0 Å². The largest absolute Gasteiger partial charge is 0.396 e. The molecule has 4 nitrogen and oxygen atoms in total. The van der Waals surface area contributed by atoms with Crippen molar-refractivity contribution in [1.82, 2.24) is 9.97 Å². The van der Waals surface area contributed by atoms with Crippen molar-refractivity contribution in [3.05, 3.63) is 16.5 Å². The Labute approximate surface area is 126 Å². The van der Waals surface area contributed by atoms with Gasteiger partial charge in [0.05, 0.1) is 0 Å². The van der Waals surface area contributed by atoms with Crippen LogP contribution in [0.15, 0.2) is 6.07 Å². The number of nitrogens with one attached hydrogen (secondary N) is 2. The van der Waals surface area contributed by atoms with E-state index in [9.17, 15) is 0 Å². The van der Waals surface area contributed by atoms with E-state index in [-0.39, 0.29) is 6.61 Å². The van der Waals surface area contributed by atoms with Crippen LogP contribution in [0.1, 0.15) is 63.1 Å². The summed E-state index contributed by atoms with van der Waals surface area (Å²) in [5, 5.41) is 12.1. The van der Waals surface area contributed by atoms with Crippen molar-refractivity contribution in [3.63, 3.8) is 0 Å². The minimum absolute atomic E-state index is 0.281. The highest BCUT2D eigenvalue weighted by atomic mass is 32.1. The molecule has 1 fully saturated rings. The third kappa shape index (κ3) is 4.87. The van der Waals surface area contributed by atoms with Crippen molar-refractivity contribution < 1.29 is 5.11 Å². The molecule has 0 radical (unpaired) electrons. The van der Waals surface area contributed by atoms with E-state index in [2.05, 4.69) is 15.3 Å². The summed E-state index contributed by atoms with van der Waals surface area (Å²) in [7, 11) is 0. The highest BCUT2D eigenvalue weighted by molar-refractivity contribution is 7.71. The third-order valence-corrected chi connectivity index (χ3v) is 4.11. The molecule has 5 heteroatoms. The lowest BCUT2D eigenvalue weighted by atomic mass is 9.89. The summed E-state index contributed by atoms with van der Waals surface area (Å²) in [6, 6.07) is 1.90. The van der Waals surface area contributed by atoms with Gasteiger partial charge in [-0.3, -0.25) is 0 Å². The maximum absolute atomic E-state index is 8.75. The number of aliphatic hydroxyl groups is 1. The first-order chi connectivity index (χ1) is 9.79. The lowest BCUT2D eigenvalue weighted by Crippen LogP contribution is -2.11. The number of hydrogen-bond acceptors (Lipinski definition) is 4. The van der Waals surface area contributed by atoms with Crippen LogP contribution in [0.3, 0.4) is 0 Å². The molecule has 1 heterocycles. The van der Waals surface area contributed by atoms with E-state index in [0.29, 0.717) is 10.6 Å². The molecule has 1 aromatic rings. The van der Waals surface area contributed by atoms with Crippen LogP contribution in [-0.2, 0) is 0 Å². The highest BCUT2D eigenvalue weighted by Crippen LogP contribution is 2.30. The van der Waals surface area contributed by atoms with Crippen molar-refractivity contribution in [2.75, 3.05) is 18.5 Å². The van der Waals surface area contributed by atoms with E-state index in [1.54, 1.807) is 0 Å². The summed E-state index contributed by atoms with van der Waals surface area (Å²) in [5.74, 6) is 2.58. The Morgan fingerprint density at radius 2 is 2.05 bits per heavy atom. The van der Waals surface area contributed by atoms with Crippen molar-refractivity contribution in [2.24, 2.45) is 0 Å². The molecular weight excluding hydrogens is 270 g/mol. The molecule has 3 N–H and O–H groups in total. The second kappa shape index (κ2) is 8.37. The number of aliphatic hydroxyl groups excluding tert-OH is 1. The highest BCUT2D eigenvalue weighted by Gasteiger charge is 2.17. The summed E-state index contributed by atoms with van der Waals surface area (Å²) >= 11 is 5.27. The second-order valence-corrected chi connectivity index (χ2v) is 5.98. The van der Waals surface area contributed by atoms with Gasteiger partial charge < -0.3 is 15.4 Å². The fraction of sp³-hybridized carbons (Fsp3) is 0.733. The first-order valence-corrected chi connectivity index (χ1v) is 8.16. The number of unbranched alkanes of at least 4 members (excludes halogenated alkanes) is 2. The van der Waals surface area contributed by atoms with E-state index < -0.39 is 0 Å². The van der Waals surface area contributed by atoms with E-state index in [0.717, 1.165) is 37.4 Å². The van der Waals surface area contributed by atoms with Crippen molar-refractivity contribution in [3.8, 4) is 0 Å². The molecule has 0 spiro atoms. The molecule has 0 aliphatic heterocycles. The Kier molecular flexibility index (Phi) is 6.47. The first-order valence-electron chi connectivity index (χ1n) is 7.75. The van der Waals surface area contributed by atoms with E-state index in [1.165, 1.54) is 32.1 Å². The first kappa shape index (κ1) is 15.4. The van der Waals surface area contributed by atoms with Gasteiger partial charge in [-0.1, -0.05) is 31.5 Å². The van der Waals surface area contributed by atoms with Crippen molar-refractivity contribution in [2.45, 2.75) is 57.3 Å². The SMILES string of the molecule is OCCCCCNc1cc(=S)nc(C2CCCCC2)[nH]1. The summed E-state index contributed by atoms with van der Waals surface area (Å²) in [6.45, 7) is 1.18. The average Bonchev–Trinajstić information content (AvgIpc) is 2.47. The lowest BCUT2D eigenvalue weighted by Gasteiger charge is -2.21. The molecule has 112 valence electrons. The Morgan fingerprint density at radius 3 is 2.80 bits per heavy atom. The maximum atomic E-state index is 8.75. The van der Waals surface area contributed by atoms with Crippen molar-refractivity contribution in [1.29, 1.82) is 0 Å². The Bertz CT molecular complexity index is 455. The van der Waals surface area contributed by atoms with Gasteiger partial charge in [-0.25, -0.2) is 4.98 Å². The summed E-state index contributed by atoms with van der Waals surface area (Å²) < 4.78 is 0.669. The second-order valence-electron chi connectivity index (χ2n) is 5.56. The molecule has 0 saturated heterocycles. The normalized spacial score (nSPS) is 16.2. The quantitative estimate of drug-likeness (QED) is 0.529. The zero-order valence-corrected chi connectivity index (χ0v) is 12.8. The number of anilines is 1. The van der Waals surface area contributed by atoms with Crippen LogP contribution in [0.5, 0.6) is 0 Å². The van der Waals surface area contributed by atoms with Gasteiger partial charge in [-0.15, -0.1) is 0 Å². The number of aromatic amines is 1. The number of hydrogen-bond donors (Lipinski definition) is 3. The smallest absolute Gasteiger partial charge is 0.131 e. The van der Waals surface area contributed by atoms with Gasteiger partial charge in [0.2, 0.25) is 0 Å². The molecule has 1 aliphatic rings. The molecule has 1 aromatic heterocycles. The lowest BCUT2D eigenvalue weighted by molar-refractivity contribution is 0.283. The average molecular weight is 295 g/mol. The fourth-order valence-corrected chi connectivity index (χ4v) is 2.99. The van der Waals surface area contributed by atoms with Gasteiger partial charge in [-0.05, 0) is 32.1 Å². The van der Waals surface area contributed by atoms with Gasteiger partial charge in [0.25, 0.3) is 0 Å². The molecular formula is C15H25N3OS. The molecule has 2 rings (SSSR count). The number of rotatable bonds is 7. The Morgan fingerprint density at radius 1 is 1.25 bits per heavy atom. The third-order valence-electron chi connectivity index (χ3n) is 3.90.